The zero-order valence-electron chi connectivity index (χ0n) is 19.4. The van der Waals surface area contributed by atoms with Gasteiger partial charge in [0.05, 0.1) is 31.2 Å². The Bertz CT molecular complexity index is 671. The number of carbonyl (C=O) groups is 2. The molecule has 0 heterocycles. The van der Waals surface area contributed by atoms with Gasteiger partial charge in [0.2, 0.25) is 0 Å². The molecule has 0 bridgehead atoms. The van der Waals surface area contributed by atoms with E-state index in [2.05, 4.69) is 37.9 Å². The van der Waals surface area contributed by atoms with E-state index in [1.165, 1.54) is 4.90 Å². The molecule has 30 heavy (non-hydrogen) atoms. The summed E-state index contributed by atoms with van der Waals surface area (Å²) in [7, 11) is 0. The van der Waals surface area contributed by atoms with Gasteiger partial charge in [0.1, 0.15) is 5.75 Å². The molecule has 2 amide bonds. The van der Waals surface area contributed by atoms with Gasteiger partial charge in [-0.05, 0) is 60.6 Å². The molecule has 170 valence electrons. The summed E-state index contributed by atoms with van der Waals surface area (Å²) in [5.74, 6) is 0.598. The molecule has 0 atom stereocenters. The molecule has 0 aromatic heterocycles. The predicted molar refractivity (Wildman–Crippen MR) is 120 cm³/mol. The number of amides is 2. The van der Waals surface area contributed by atoms with Crippen LogP contribution < -0.4 is 15.0 Å². The highest BCUT2D eigenvalue weighted by Gasteiger charge is 2.24. The van der Waals surface area contributed by atoms with Gasteiger partial charge in [-0.25, -0.2) is 9.59 Å². The number of anilines is 2. The van der Waals surface area contributed by atoms with Crippen molar-refractivity contribution in [2.45, 2.75) is 60.5 Å². The molecule has 0 radical (unpaired) electrons. The van der Waals surface area contributed by atoms with Crippen molar-refractivity contribution in [2.24, 2.45) is 0 Å². The standard InChI is InChI=1S/C22H37N3O5/c1-8-28-18-11-12-19(23-21(26)29-9-2)20(15-18)25(22(27)30-10-3)14-13-24(16(4)5)17(6)7/h11-12,15-17H,8-10,13-14H2,1-7H3,(H,23,26). The third kappa shape index (κ3) is 7.74. The fourth-order valence-corrected chi connectivity index (χ4v) is 3.21. The Labute approximate surface area is 180 Å². The molecule has 0 saturated heterocycles. The topological polar surface area (TPSA) is 80.3 Å². The predicted octanol–water partition coefficient (Wildman–Crippen LogP) is 4.74. The molecule has 0 aliphatic carbocycles. The van der Waals surface area contributed by atoms with Crippen molar-refractivity contribution in [3.8, 4) is 5.75 Å². The second kappa shape index (κ2) is 13.0. The van der Waals surface area contributed by atoms with Crippen molar-refractivity contribution >= 4 is 23.6 Å². The van der Waals surface area contributed by atoms with Crippen molar-refractivity contribution < 1.29 is 23.8 Å². The van der Waals surface area contributed by atoms with Crippen LogP contribution in [0.5, 0.6) is 5.75 Å². The Morgan fingerprint density at radius 3 is 2.10 bits per heavy atom. The molecule has 8 nitrogen and oxygen atoms in total. The molecular weight excluding hydrogens is 386 g/mol. The summed E-state index contributed by atoms with van der Waals surface area (Å²) in [5, 5.41) is 2.71. The lowest BCUT2D eigenvalue weighted by Crippen LogP contribution is -2.44. The fraction of sp³-hybridized carbons (Fsp3) is 0.636. The van der Waals surface area contributed by atoms with E-state index in [-0.39, 0.29) is 13.2 Å². The van der Waals surface area contributed by atoms with Crippen molar-refractivity contribution in [1.29, 1.82) is 0 Å². The Balaban J connectivity index is 3.31. The zero-order chi connectivity index (χ0) is 22.7. The highest BCUT2D eigenvalue weighted by molar-refractivity contribution is 5.97. The fourth-order valence-electron chi connectivity index (χ4n) is 3.21. The van der Waals surface area contributed by atoms with Crippen LogP contribution >= 0.6 is 0 Å². The number of nitrogens with one attached hydrogen (secondary N) is 1. The normalized spacial score (nSPS) is 11.0. The summed E-state index contributed by atoms with van der Waals surface area (Å²) < 4.78 is 15.9. The summed E-state index contributed by atoms with van der Waals surface area (Å²) >= 11 is 0. The van der Waals surface area contributed by atoms with Gasteiger partial charge in [-0.3, -0.25) is 15.1 Å². The molecule has 0 spiro atoms. The number of rotatable bonds is 11. The van der Waals surface area contributed by atoms with E-state index in [1.54, 1.807) is 32.0 Å². The van der Waals surface area contributed by atoms with Gasteiger partial charge in [-0.15, -0.1) is 0 Å². The lowest BCUT2D eigenvalue weighted by atomic mass is 10.2. The van der Waals surface area contributed by atoms with Gasteiger partial charge in [-0.2, -0.15) is 0 Å². The Morgan fingerprint density at radius 1 is 0.933 bits per heavy atom. The van der Waals surface area contributed by atoms with Crippen LogP contribution in [-0.2, 0) is 9.47 Å². The van der Waals surface area contributed by atoms with Gasteiger partial charge < -0.3 is 14.2 Å². The average molecular weight is 424 g/mol. The number of benzene rings is 1. The molecular formula is C22H37N3O5. The minimum atomic E-state index is -0.585. The van der Waals surface area contributed by atoms with E-state index in [1.807, 2.05) is 6.92 Å². The van der Waals surface area contributed by atoms with Crippen LogP contribution in [0, 0.1) is 0 Å². The summed E-state index contributed by atoms with van der Waals surface area (Å²) in [5.41, 5.74) is 0.950. The minimum Gasteiger partial charge on any atom is -0.494 e. The van der Waals surface area contributed by atoms with Crippen molar-refractivity contribution in [3.63, 3.8) is 0 Å². The van der Waals surface area contributed by atoms with Crippen LogP contribution in [0.3, 0.4) is 0 Å². The van der Waals surface area contributed by atoms with Crippen LogP contribution in [0.4, 0.5) is 21.0 Å². The largest absolute Gasteiger partial charge is 0.494 e. The second-order valence-electron chi connectivity index (χ2n) is 7.23. The maximum atomic E-state index is 12.8. The maximum Gasteiger partial charge on any atom is 0.414 e. The maximum absolute atomic E-state index is 12.8. The molecule has 1 aromatic rings. The number of ether oxygens (including phenoxy) is 3. The van der Waals surface area contributed by atoms with Gasteiger partial charge in [0.15, 0.2) is 0 Å². The van der Waals surface area contributed by atoms with Crippen LogP contribution in [0.15, 0.2) is 18.2 Å². The van der Waals surface area contributed by atoms with E-state index in [4.69, 9.17) is 14.2 Å². The number of hydrogen-bond acceptors (Lipinski definition) is 6. The molecule has 1 N–H and O–H groups in total. The third-order valence-corrected chi connectivity index (χ3v) is 4.48. The lowest BCUT2D eigenvalue weighted by Gasteiger charge is -2.33. The second-order valence-corrected chi connectivity index (χ2v) is 7.23. The van der Waals surface area contributed by atoms with Gasteiger partial charge in [-0.1, -0.05) is 0 Å². The first kappa shape index (κ1) is 25.6. The van der Waals surface area contributed by atoms with Gasteiger partial charge >= 0.3 is 12.2 Å². The Kier molecular flexibility index (Phi) is 11.0. The SMILES string of the molecule is CCOC(=O)Nc1ccc(OCC)cc1N(CCN(C(C)C)C(C)C)C(=O)OCC. The molecule has 0 saturated carbocycles. The first-order chi connectivity index (χ1) is 14.2. The van der Waals surface area contributed by atoms with Crippen LogP contribution in [-0.4, -0.2) is 62.1 Å². The monoisotopic (exact) mass is 423 g/mol. The summed E-state index contributed by atoms with van der Waals surface area (Å²) in [6, 6.07) is 5.82. The highest BCUT2D eigenvalue weighted by Crippen LogP contribution is 2.31. The van der Waals surface area contributed by atoms with Crippen LogP contribution in [0.2, 0.25) is 0 Å². The van der Waals surface area contributed by atoms with Crippen LogP contribution in [0.25, 0.3) is 0 Å². The molecule has 0 aliphatic rings. The summed E-state index contributed by atoms with van der Waals surface area (Å²) in [4.78, 5) is 28.7. The van der Waals surface area contributed by atoms with E-state index >= 15 is 0 Å². The molecule has 1 rings (SSSR count). The summed E-state index contributed by atoms with van der Waals surface area (Å²) in [6.07, 6.45) is -1.07. The molecule has 8 heteroatoms. The van der Waals surface area contributed by atoms with E-state index in [0.29, 0.717) is 48.9 Å². The molecule has 0 aliphatic heterocycles. The van der Waals surface area contributed by atoms with E-state index in [9.17, 15) is 9.59 Å². The van der Waals surface area contributed by atoms with E-state index < -0.39 is 12.2 Å². The highest BCUT2D eigenvalue weighted by atomic mass is 16.6. The van der Waals surface area contributed by atoms with Gasteiger partial charge in [0.25, 0.3) is 0 Å². The summed E-state index contributed by atoms with van der Waals surface area (Å²) in [6.45, 7) is 15.9. The molecule has 1 aromatic carbocycles. The molecule has 0 fully saturated rings. The molecule has 0 unspecified atom stereocenters. The number of carbonyl (C=O) groups excluding carboxylic acids is 2. The van der Waals surface area contributed by atoms with E-state index in [0.717, 1.165) is 0 Å². The van der Waals surface area contributed by atoms with Crippen molar-refractivity contribution in [3.05, 3.63) is 18.2 Å². The number of hydrogen-bond donors (Lipinski definition) is 1. The zero-order valence-corrected chi connectivity index (χ0v) is 19.4. The quantitative estimate of drug-likeness (QED) is 0.554. The third-order valence-electron chi connectivity index (χ3n) is 4.48. The van der Waals surface area contributed by atoms with Crippen molar-refractivity contribution in [2.75, 3.05) is 43.1 Å². The first-order valence-electron chi connectivity index (χ1n) is 10.7. The minimum absolute atomic E-state index is 0.248. The Hall–Kier alpha value is -2.48. The Morgan fingerprint density at radius 2 is 1.57 bits per heavy atom. The van der Waals surface area contributed by atoms with Gasteiger partial charge in [0, 0.05) is 31.2 Å². The average Bonchev–Trinajstić information content (AvgIpc) is 2.66. The van der Waals surface area contributed by atoms with Crippen LogP contribution in [0.1, 0.15) is 48.5 Å². The number of nitrogens with zero attached hydrogens (tertiary/aromatic N) is 2. The lowest BCUT2D eigenvalue weighted by molar-refractivity contribution is 0.152. The van der Waals surface area contributed by atoms with Crippen molar-refractivity contribution in [1.82, 2.24) is 4.90 Å². The smallest absolute Gasteiger partial charge is 0.414 e. The first-order valence-corrected chi connectivity index (χ1v) is 10.7.